The highest BCUT2D eigenvalue weighted by Gasteiger charge is 2.28. The Morgan fingerprint density at radius 2 is 1.85 bits per heavy atom. The molecule has 1 heterocycles. The highest BCUT2D eigenvalue weighted by atomic mass is 16.5. The molecule has 142 valence electrons. The van der Waals surface area contributed by atoms with E-state index >= 15 is 0 Å². The van der Waals surface area contributed by atoms with Crippen LogP contribution in [0.4, 0.5) is 10.5 Å². The lowest BCUT2D eigenvalue weighted by Gasteiger charge is -2.30. The fraction of sp³-hybridized carbons (Fsp3) is 0.300. The number of anilines is 1. The van der Waals surface area contributed by atoms with Crippen molar-refractivity contribution in [2.45, 2.75) is 12.8 Å². The molecule has 0 radical (unpaired) electrons. The summed E-state index contributed by atoms with van der Waals surface area (Å²) in [4.78, 5) is 25.0. The number of amides is 2. The second-order valence-corrected chi connectivity index (χ2v) is 6.36. The van der Waals surface area contributed by atoms with Gasteiger partial charge in [-0.2, -0.15) is 0 Å². The second kappa shape index (κ2) is 8.44. The lowest BCUT2D eigenvalue weighted by Crippen LogP contribution is -2.44. The van der Waals surface area contributed by atoms with E-state index in [1.165, 1.54) is 0 Å². The summed E-state index contributed by atoms with van der Waals surface area (Å²) in [5.41, 5.74) is 0.621. The van der Waals surface area contributed by atoms with E-state index in [0.717, 1.165) is 0 Å². The highest BCUT2D eigenvalue weighted by Crippen LogP contribution is 2.26. The molecule has 0 bridgehead atoms. The lowest BCUT2D eigenvalue weighted by molar-refractivity contribution is -0.143. The van der Waals surface area contributed by atoms with Gasteiger partial charge in [0.05, 0.1) is 13.0 Å². The molecule has 2 amide bonds. The van der Waals surface area contributed by atoms with Crippen LogP contribution in [0.5, 0.6) is 17.2 Å². The van der Waals surface area contributed by atoms with Crippen LogP contribution >= 0.6 is 0 Å². The van der Waals surface area contributed by atoms with E-state index in [9.17, 15) is 9.59 Å². The SMILES string of the molecule is COc1cccc(Oc2ccc(NC(=O)N3CCCC(C(=O)O)C3)cc2)c1. The van der Waals surface area contributed by atoms with Gasteiger partial charge in [0.1, 0.15) is 17.2 Å². The molecule has 27 heavy (non-hydrogen) atoms. The zero-order chi connectivity index (χ0) is 19.2. The average Bonchev–Trinajstić information content (AvgIpc) is 2.69. The normalized spacial score (nSPS) is 16.5. The molecule has 2 aromatic carbocycles. The Bertz CT molecular complexity index is 806. The minimum absolute atomic E-state index is 0.234. The van der Waals surface area contributed by atoms with Crippen molar-refractivity contribution in [3.05, 3.63) is 48.5 Å². The van der Waals surface area contributed by atoms with E-state index in [0.29, 0.717) is 42.3 Å². The van der Waals surface area contributed by atoms with Gasteiger partial charge in [-0.25, -0.2) is 4.79 Å². The summed E-state index contributed by atoms with van der Waals surface area (Å²) >= 11 is 0. The van der Waals surface area contributed by atoms with Crippen LogP contribution in [0.25, 0.3) is 0 Å². The smallest absolute Gasteiger partial charge is 0.321 e. The van der Waals surface area contributed by atoms with E-state index in [-0.39, 0.29) is 12.6 Å². The van der Waals surface area contributed by atoms with Gasteiger partial charge in [0, 0.05) is 24.8 Å². The molecule has 1 unspecified atom stereocenters. The number of carbonyl (C=O) groups excluding carboxylic acids is 1. The van der Waals surface area contributed by atoms with E-state index in [2.05, 4.69) is 5.32 Å². The van der Waals surface area contributed by atoms with Crippen molar-refractivity contribution < 1.29 is 24.2 Å². The Labute approximate surface area is 157 Å². The molecule has 7 heteroatoms. The Kier molecular flexibility index (Phi) is 5.80. The Balaban J connectivity index is 1.58. The number of nitrogens with zero attached hydrogens (tertiary/aromatic N) is 1. The molecule has 0 aromatic heterocycles. The van der Waals surface area contributed by atoms with Gasteiger partial charge in [0.25, 0.3) is 0 Å². The average molecular weight is 370 g/mol. The zero-order valence-corrected chi connectivity index (χ0v) is 15.1. The number of carboxylic acids is 1. The van der Waals surface area contributed by atoms with Crippen molar-refractivity contribution in [3.63, 3.8) is 0 Å². The van der Waals surface area contributed by atoms with Crippen LogP contribution in [0.15, 0.2) is 48.5 Å². The number of rotatable bonds is 5. The molecular formula is C20H22N2O5. The first-order chi connectivity index (χ1) is 13.0. The maximum atomic E-state index is 12.4. The van der Waals surface area contributed by atoms with Crippen LogP contribution in [0.1, 0.15) is 12.8 Å². The number of nitrogens with one attached hydrogen (secondary N) is 1. The number of carboxylic acid groups (broad SMARTS) is 1. The van der Waals surface area contributed by atoms with E-state index < -0.39 is 11.9 Å². The predicted molar refractivity (Wildman–Crippen MR) is 100 cm³/mol. The predicted octanol–water partition coefficient (Wildman–Crippen LogP) is 3.82. The standard InChI is InChI=1S/C20H22N2O5/c1-26-17-5-2-6-18(12-17)27-16-9-7-15(8-10-16)21-20(25)22-11-3-4-14(13-22)19(23)24/h2,5-10,12,14H,3-4,11,13H2,1H3,(H,21,25)(H,23,24). The minimum Gasteiger partial charge on any atom is -0.497 e. The van der Waals surface area contributed by atoms with Crippen LogP contribution in [0, 0.1) is 5.92 Å². The quantitative estimate of drug-likeness (QED) is 0.835. The number of hydrogen-bond acceptors (Lipinski definition) is 4. The van der Waals surface area contributed by atoms with Crippen molar-refractivity contribution in [1.82, 2.24) is 4.90 Å². The summed E-state index contributed by atoms with van der Waals surface area (Å²) in [7, 11) is 1.59. The molecule has 1 atom stereocenters. The topological polar surface area (TPSA) is 88.1 Å². The summed E-state index contributed by atoms with van der Waals surface area (Å²) < 4.78 is 10.9. The number of carbonyl (C=O) groups is 2. The van der Waals surface area contributed by atoms with Gasteiger partial charge < -0.3 is 24.8 Å². The van der Waals surface area contributed by atoms with Gasteiger partial charge >= 0.3 is 12.0 Å². The van der Waals surface area contributed by atoms with Crippen molar-refractivity contribution in [1.29, 1.82) is 0 Å². The first-order valence-corrected chi connectivity index (χ1v) is 8.76. The molecule has 0 aliphatic carbocycles. The maximum Gasteiger partial charge on any atom is 0.321 e. The summed E-state index contributed by atoms with van der Waals surface area (Å²) in [5.74, 6) is 0.636. The third kappa shape index (κ3) is 4.91. The number of piperidine rings is 1. The monoisotopic (exact) mass is 370 g/mol. The summed E-state index contributed by atoms with van der Waals surface area (Å²) in [6.07, 6.45) is 1.30. The molecule has 1 aliphatic rings. The van der Waals surface area contributed by atoms with Crippen LogP contribution in [-0.2, 0) is 4.79 Å². The molecule has 7 nitrogen and oxygen atoms in total. The number of likely N-dealkylation sites (tertiary alicyclic amines) is 1. The molecule has 3 rings (SSSR count). The number of hydrogen-bond donors (Lipinski definition) is 2. The molecule has 1 aliphatic heterocycles. The first-order valence-electron chi connectivity index (χ1n) is 8.76. The van der Waals surface area contributed by atoms with Gasteiger partial charge in [0.15, 0.2) is 0 Å². The van der Waals surface area contributed by atoms with Crippen molar-refractivity contribution in [2.24, 2.45) is 5.92 Å². The molecule has 2 aromatic rings. The summed E-state index contributed by atoms with van der Waals surface area (Å²) in [6.45, 7) is 0.796. The van der Waals surface area contributed by atoms with Gasteiger partial charge in [-0.1, -0.05) is 6.07 Å². The Morgan fingerprint density at radius 3 is 2.56 bits per heavy atom. The Hall–Kier alpha value is -3.22. The van der Waals surface area contributed by atoms with Crippen LogP contribution in [0.3, 0.4) is 0 Å². The van der Waals surface area contributed by atoms with Gasteiger partial charge in [-0.3, -0.25) is 4.79 Å². The van der Waals surface area contributed by atoms with E-state index in [4.69, 9.17) is 14.6 Å². The number of urea groups is 1. The third-order valence-corrected chi connectivity index (χ3v) is 4.44. The number of benzene rings is 2. The Morgan fingerprint density at radius 1 is 1.11 bits per heavy atom. The molecule has 2 N–H and O–H groups in total. The van der Waals surface area contributed by atoms with Crippen molar-refractivity contribution in [2.75, 3.05) is 25.5 Å². The fourth-order valence-corrected chi connectivity index (χ4v) is 2.97. The first kappa shape index (κ1) is 18.6. The largest absolute Gasteiger partial charge is 0.497 e. The lowest BCUT2D eigenvalue weighted by atomic mass is 9.99. The fourth-order valence-electron chi connectivity index (χ4n) is 2.97. The van der Waals surface area contributed by atoms with Gasteiger partial charge in [-0.05, 0) is 49.2 Å². The van der Waals surface area contributed by atoms with Crippen LogP contribution in [0.2, 0.25) is 0 Å². The number of aliphatic carboxylic acids is 1. The number of methoxy groups -OCH3 is 1. The van der Waals surface area contributed by atoms with Gasteiger partial charge in [0.2, 0.25) is 0 Å². The maximum absolute atomic E-state index is 12.4. The van der Waals surface area contributed by atoms with Crippen molar-refractivity contribution >= 4 is 17.7 Å². The van der Waals surface area contributed by atoms with Crippen molar-refractivity contribution in [3.8, 4) is 17.2 Å². The second-order valence-electron chi connectivity index (χ2n) is 6.36. The zero-order valence-electron chi connectivity index (χ0n) is 15.1. The van der Waals surface area contributed by atoms with E-state index in [1.807, 2.05) is 18.2 Å². The third-order valence-electron chi connectivity index (χ3n) is 4.44. The minimum atomic E-state index is -0.855. The molecular weight excluding hydrogens is 348 g/mol. The summed E-state index contributed by atoms with van der Waals surface area (Å²) in [5, 5.41) is 11.9. The van der Waals surface area contributed by atoms with Gasteiger partial charge in [-0.15, -0.1) is 0 Å². The molecule has 1 saturated heterocycles. The molecule has 0 saturated carbocycles. The van der Waals surface area contributed by atoms with Crippen LogP contribution < -0.4 is 14.8 Å². The van der Waals surface area contributed by atoms with E-state index in [1.54, 1.807) is 42.3 Å². The van der Waals surface area contributed by atoms with Crippen LogP contribution in [-0.4, -0.2) is 42.2 Å². The number of ether oxygens (including phenoxy) is 2. The molecule has 1 fully saturated rings. The summed E-state index contributed by atoms with van der Waals surface area (Å²) in [6, 6.07) is 14.0. The molecule has 0 spiro atoms. The highest BCUT2D eigenvalue weighted by molar-refractivity contribution is 5.89.